The Bertz CT molecular complexity index is 655. The van der Waals surface area contributed by atoms with E-state index < -0.39 is 5.97 Å². The first-order valence-corrected chi connectivity index (χ1v) is 5.77. The zero-order chi connectivity index (χ0) is 13.8. The number of aromatic nitrogens is 3. The summed E-state index contributed by atoms with van der Waals surface area (Å²) in [6.07, 6.45) is 0. The SMILES string of the molecule is CCOC(=O)c1n[nH]c(C)c1-c1cccc(C#N)n1. The normalized spacial score (nSPS) is 9.95. The Morgan fingerprint density at radius 3 is 3.00 bits per heavy atom. The van der Waals surface area contributed by atoms with Crippen LogP contribution in [0.3, 0.4) is 0 Å². The minimum atomic E-state index is -0.508. The molecule has 0 atom stereocenters. The largest absolute Gasteiger partial charge is 0.461 e. The van der Waals surface area contributed by atoms with Gasteiger partial charge in [-0.1, -0.05) is 6.07 Å². The van der Waals surface area contributed by atoms with E-state index in [4.69, 9.17) is 10.00 Å². The van der Waals surface area contributed by atoms with Gasteiger partial charge >= 0.3 is 5.97 Å². The summed E-state index contributed by atoms with van der Waals surface area (Å²) < 4.78 is 4.95. The smallest absolute Gasteiger partial charge is 0.359 e. The van der Waals surface area contributed by atoms with E-state index in [1.807, 2.05) is 6.07 Å². The fraction of sp³-hybridized carbons (Fsp3) is 0.231. The van der Waals surface area contributed by atoms with E-state index in [1.165, 1.54) is 0 Å². The average Bonchev–Trinajstić information content (AvgIpc) is 2.81. The number of pyridine rings is 1. The van der Waals surface area contributed by atoms with Gasteiger partial charge in [0.25, 0.3) is 0 Å². The molecule has 0 radical (unpaired) electrons. The van der Waals surface area contributed by atoms with Gasteiger partial charge in [-0.2, -0.15) is 10.4 Å². The summed E-state index contributed by atoms with van der Waals surface area (Å²) in [6.45, 7) is 3.78. The van der Waals surface area contributed by atoms with Crippen LogP contribution in [0, 0.1) is 18.3 Å². The third-order valence-corrected chi connectivity index (χ3v) is 2.54. The van der Waals surface area contributed by atoms with Crippen LogP contribution in [-0.2, 0) is 4.74 Å². The summed E-state index contributed by atoms with van der Waals surface area (Å²) in [6, 6.07) is 7.00. The van der Waals surface area contributed by atoms with Crippen LogP contribution in [0.25, 0.3) is 11.3 Å². The lowest BCUT2D eigenvalue weighted by molar-refractivity contribution is 0.0520. The van der Waals surface area contributed by atoms with Gasteiger partial charge in [-0.15, -0.1) is 0 Å². The number of H-pyrrole nitrogens is 1. The number of aromatic amines is 1. The van der Waals surface area contributed by atoms with Crippen molar-refractivity contribution >= 4 is 5.97 Å². The van der Waals surface area contributed by atoms with Crippen molar-refractivity contribution in [2.45, 2.75) is 13.8 Å². The number of rotatable bonds is 3. The van der Waals surface area contributed by atoms with Crippen molar-refractivity contribution in [3.63, 3.8) is 0 Å². The summed E-state index contributed by atoms with van der Waals surface area (Å²) in [4.78, 5) is 16.0. The molecule has 1 N–H and O–H groups in total. The molecule has 0 unspecified atom stereocenters. The van der Waals surface area contributed by atoms with Crippen molar-refractivity contribution in [2.75, 3.05) is 6.61 Å². The Morgan fingerprint density at radius 2 is 2.32 bits per heavy atom. The van der Waals surface area contributed by atoms with Gasteiger partial charge in [0.05, 0.1) is 17.9 Å². The maximum atomic E-state index is 11.8. The first kappa shape index (κ1) is 12.8. The number of hydrogen-bond donors (Lipinski definition) is 1. The van der Waals surface area contributed by atoms with E-state index in [1.54, 1.807) is 32.0 Å². The highest BCUT2D eigenvalue weighted by Crippen LogP contribution is 2.24. The number of carbonyl (C=O) groups is 1. The van der Waals surface area contributed by atoms with Crippen LogP contribution in [-0.4, -0.2) is 27.8 Å². The van der Waals surface area contributed by atoms with Crippen molar-refractivity contribution in [1.82, 2.24) is 15.2 Å². The average molecular weight is 256 g/mol. The summed E-state index contributed by atoms with van der Waals surface area (Å²) in [5.41, 5.74) is 2.25. The summed E-state index contributed by atoms with van der Waals surface area (Å²) in [5, 5.41) is 15.5. The van der Waals surface area contributed by atoms with E-state index in [-0.39, 0.29) is 18.0 Å². The fourth-order valence-electron chi connectivity index (χ4n) is 1.73. The number of nitriles is 1. The first-order valence-electron chi connectivity index (χ1n) is 5.77. The summed E-state index contributed by atoms with van der Waals surface area (Å²) in [7, 11) is 0. The lowest BCUT2D eigenvalue weighted by atomic mass is 10.1. The molecular weight excluding hydrogens is 244 g/mol. The van der Waals surface area contributed by atoms with Gasteiger partial charge in [-0.05, 0) is 26.0 Å². The third-order valence-electron chi connectivity index (χ3n) is 2.54. The predicted molar refractivity (Wildman–Crippen MR) is 67.2 cm³/mol. The second-order valence-electron chi connectivity index (χ2n) is 3.81. The van der Waals surface area contributed by atoms with E-state index in [0.29, 0.717) is 17.0 Å². The maximum Gasteiger partial charge on any atom is 0.359 e. The van der Waals surface area contributed by atoms with Crippen molar-refractivity contribution in [1.29, 1.82) is 5.26 Å². The van der Waals surface area contributed by atoms with Gasteiger partial charge in [-0.25, -0.2) is 9.78 Å². The number of carbonyl (C=O) groups excluding carboxylic acids is 1. The van der Waals surface area contributed by atoms with Crippen LogP contribution in [0.2, 0.25) is 0 Å². The van der Waals surface area contributed by atoms with Crippen LogP contribution < -0.4 is 0 Å². The Labute approximate surface area is 110 Å². The minimum absolute atomic E-state index is 0.182. The van der Waals surface area contributed by atoms with Crippen LogP contribution in [0.4, 0.5) is 0 Å². The van der Waals surface area contributed by atoms with Crippen LogP contribution in [0.15, 0.2) is 18.2 Å². The van der Waals surface area contributed by atoms with Gasteiger partial charge in [0.2, 0.25) is 0 Å². The van der Waals surface area contributed by atoms with Gasteiger partial charge in [-0.3, -0.25) is 5.10 Å². The molecule has 0 aliphatic heterocycles. The predicted octanol–water partition coefficient (Wildman–Crippen LogP) is 1.83. The maximum absolute atomic E-state index is 11.8. The minimum Gasteiger partial charge on any atom is -0.461 e. The first-order chi connectivity index (χ1) is 9.17. The Morgan fingerprint density at radius 1 is 1.53 bits per heavy atom. The van der Waals surface area contributed by atoms with E-state index in [9.17, 15) is 4.79 Å². The molecule has 0 spiro atoms. The molecule has 2 heterocycles. The molecule has 0 aliphatic rings. The monoisotopic (exact) mass is 256 g/mol. The quantitative estimate of drug-likeness (QED) is 0.846. The molecule has 2 rings (SSSR count). The molecule has 19 heavy (non-hydrogen) atoms. The third kappa shape index (κ3) is 2.45. The Balaban J connectivity index is 2.52. The zero-order valence-corrected chi connectivity index (χ0v) is 10.6. The van der Waals surface area contributed by atoms with Crippen molar-refractivity contribution in [2.24, 2.45) is 0 Å². The molecule has 0 saturated carbocycles. The fourth-order valence-corrected chi connectivity index (χ4v) is 1.73. The Kier molecular flexibility index (Phi) is 3.57. The molecule has 0 aromatic carbocycles. The molecule has 2 aromatic heterocycles. The molecule has 6 heteroatoms. The van der Waals surface area contributed by atoms with Crippen LogP contribution in [0.1, 0.15) is 28.8 Å². The molecule has 2 aromatic rings. The number of nitrogens with zero attached hydrogens (tertiary/aromatic N) is 3. The second-order valence-corrected chi connectivity index (χ2v) is 3.81. The topological polar surface area (TPSA) is 91.7 Å². The Hall–Kier alpha value is -2.68. The van der Waals surface area contributed by atoms with Crippen molar-refractivity contribution in [3.8, 4) is 17.3 Å². The molecule has 96 valence electrons. The second kappa shape index (κ2) is 5.31. The van der Waals surface area contributed by atoms with Gasteiger partial charge < -0.3 is 4.74 Å². The zero-order valence-electron chi connectivity index (χ0n) is 10.6. The van der Waals surface area contributed by atoms with Gasteiger partial charge in [0.15, 0.2) is 5.69 Å². The van der Waals surface area contributed by atoms with E-state index in [0.717, 1.165) is 0 Å². The standard InChI is InChI=1S/C13H12N4O2/c1-3-19-13(18)12-11(8(2)16-17-12)10-6-4-5-9(7-14)15-10/h4-6H,3H2,1-2H3,(H,16,17). The number of aryl methyl sites for hydroxylation is 1. The van der Waals surface area contributed by atoms with E-state index >= 15 is 0 Å². The highest BCUT2D eigenvalue weighted by molar-refractivity contribution is 5.95. The van der Waals surface area contributed by atoms with Crippen LogP contribution in [0.5, 0.6) is 0 Å². The van der Waals surface area contributed by atoms with Crippen molar-refractivity contribution < 1.29 is 9.53 Å². The molecule has 0 amide bonds. The molecular formula is C13H12N4O2. The number of hydrogen-bond acceptors (Lipinski definition) is 5. The summed E-state index contributed by atoms with van der Waals surface area (Å²) in [5.74, 6) is -0.508. The number of esters is 1. The number of ether oxygens (including phenoxy) is 1. The van der Waals surface area contributed by atoms with Gasteiger partial charge in [0.1, 0.15) is 11.8 Å². The molecule has 0 aliphatic carbocycles. The van der Waals surface area contributed by atoms with Gasteiger partial charge in [0, 0.05) is 5.69 Å². The number of nitrogens with one attached hydrogen (secondary N) is 1. The van der Waals surface area contributed by atoms with E-state index in [2.05, 4.69) is 15.2 Å². The molecule has 0 saturated heterocycles. The highest BCUT2D eigenvalue weighted by atomic mass is 16.5. The van der Waals surface area contributed by atoms with Crippen LogP contribution >= 0.6 is 0 Å². The summed E-state index contributed by atoms with van der Waals surface area (Å²) >= 11 is 0. The molecule has 0 fully saturated rings. The molecule has 6 nitrogen and oxygen atoms in total. The van der Waals surface area contributed by atoms with Crippen molar-refractivity contribution in [3.05, 3.63) is 35.3 Å². The highest BCUT2D eigenvalue weighted by Gasteiger charge is 2.21. The lowest BCUT2D eigenvalue weighted by Gasteiger charge is -2.03. The lowest BCUT2D eigenvalue weighted by Crippen LogP contribution is -2.07. The molecule has 0 bridgehead atoms.